The highest BCUT2D eigenvalue weighted by Gasteiger charge is 2.37. The van der Waals surface area contributed by atoms with Crippen LogP contribution in [0.4, 0.5) is 13.2 Å². The lowest BCUT2D eigenvalue weighted by Crippen LogP contribution is -2.45. The zero-order valence-corrected chi connectivity index (χ0v) is 17.3. The molecule has 1 aromatic heterocycles. The van der Waals surface area contributed by atoms with E-state index in [-0.39, 0.29) is 25.5 Å². The highest BCUT2D eigenvalue weighted by atomic mass is 35.5. The van der Waals surface area contributed by atoms with E-state index in [2.05, 4.69) is 10.3 Å². The number of halogens is 4. The average Bonchev–Trinajstić information content (AvgIpc) is 2.72. The van der Waals surface area contributed by atoms with Crippen LogP contribution in [-0.4, -0.2) is 36.7 Å². The summed E-state index contributed by atoms with van der Waals surface area (Å²) in [5, 5.41) is 2.19. The lowest BCUT2D eigenvalue weighted by molar-refractivity contribution is -0.137. The Labute approximate surface area is 177 Å². The third-order valence-electron chi connectivity index (χ3n) is 4.85. The maximum Gasteiger partial charge on any atom is 0.417 e. The Hall–Kier alpha value is -2.17. The van der Waals surface area contributed by atoms with E-state index >= 15 is 0 Å². The predicted molar refractivity (Wildman–Crippen MR) is 104 cm³/mol. The highest BCUT2D eigenvalue weighted by Crippen LogP contribution is 2.36. The smallest absolute Gasteiger partial charge is 0.352 e. The molecule has 1 atom stereocenters. The van der Waals surface area contributed by atoms with Crippen molar-refractivity contribution in [3.63, 3.8) is 0 Å². The fraction of sp³-hybridized carbons (Fsp3) is 0.368. The number of hydrogen-bond acceptors (Lipinski definition) is 4. The molecule has 0 bridgehead atoms. The van der Waals surface area contributed by atoms with Crippen LogP contribution in [0.25, 0.3) is 0 Å². The topological polar surface area (TPSA) is 79.4 Å². The Kier molecular flexibility index (Phi) is 6.68. The van der Waals surface area contributed by atoms with Crippen molar-refractivity contribution in [3.05, 3.63) is 58.9 Å². The number of nitrogens with one attached hydrogen (secondary N) is 1. The van der Waals surface area contributed by atoms with Crippen molar-refractivity contribution in [2.75, 3.05) is 13.1 Å². The Bertz CT molecular complexity index is 1020. The van der Waals surface area contributed by atoms with E-state index in [1.165, 1.54) is 0 Å². The second kappa shape index (κ2) is 8.91. The number of pyridine rings is 1. The molecular weight excluding hydrogens is 443 g/mol. The fourth-order valence-corrected chi connectivity index (χ4v) is 5.02. The van der Waals surface area contributed by atoms with Crippen LogP contribution in [0, 0.1) is 5.92 Å². The van der Waals surface area contributed by atoms with Crippen molar-refractivity contribution in [2.45, 2.75) is 30.5 Å². The maximum atomic E-state index is 13.1. The fourth-order valence-electron chi connectivity index (χ4n) is 3.24. The molecule has 0 saturated carbocycles. The van der Waals surface area contributed by atoms with E-state index in [9.17, 15) is 26.4 Å². The van der Waals surface area contributed by atoms with Crippen molar-refractivity contribution < 1.29 is 26.4 Å². The van der Waals surface area contributed by atoms with Crippen LogP contribution >= 0.6 is 11.6 Å². The molecule has 1 saturated heterocycles. The molecule has 1 aliphatic rings. The zero-order chi connectivity index (χ0) is 21.9. The van der Waals surface area contributed by atoms with Gasteiger partial charge in [0.05, 0.1) is 21.4 Å². The molecule has 0 aliphatic carbocycles. The predicted octanol–water partition coefficient (Wildman–Crippen LogP) is 3.47. The molecule has 1 amide bonds. The first-order chi connectivity index (χ1) is 14.1. The molecule has 162 valence electrons. The molecule has 1 aliphatic heterocycles. The third-order valence-corrected chi connectivity index (χ3v) is 7.04. The Balaban J connectivity index is 1.73. The number of nitrogens with zero attached hydrogens (tertiary/aromatic N) is 2. The minimum Gasteiger partial charge on any atom is -0.352 e. The minimum absolute atomic E-state index is 0.103. The molecule has 1 aromatic carbocycles. The van der Waals surface area contributed by atoms with Crippen LogP contribution in [0.3, 0.4) is 0 Å². The lowest BCUT2D eigenvalue weighted by Gasteiger charge is -2.31. The molecule has 2 heterocycles. The Morgan fingerprint density at radius 3 is 2.60 bits per heavy atom. The number of rotatable bonds is 5. The number of aromatic nitrogens is 1. The van der Waals surface area contributed by atoms with Crippen LogP contribution in [0.2, 0.25) is 5.02 Å². The van der Waals surface area contributed by atoms with Gasteiger partial charge in [0.2, 0.25) is 15.9 Å². The normalized spacial score (nSPS) is 18.2. The largest absolute Gasteiger partial charge is 0.417 e. The molecule has 11 heteroatoms. The van der Waals surface area contributed by atoms with Crippen LogP contribution in [-0.2, 0) is 27.5 Å². The molecular formula is C19H19ClF3N3O3S. The van der Waals surface area contributed by atoms with Crippen molar-refractivity contribution in [2.24, 2.45) is 5.92 Å². The molecule has 2 aromatic rings. The summed E-state index contributed by atoms with van der Waals surface area (Å²) in [6.07, 6.45) is -0.676. The summed E-state index contributed by atoms with van der Waals surface area (Å²) in [6.45, 7) is 0.297. The van der Waals surface area contributed by atoms with Gasteiger partial charge in [-0.1, -0.05) is 11.6 Å². The van der Waals surface area contributed by atoms with Gasteiger partial charge in [-0.25, -0.2) is 8.42 Å². The van der Waals surface area contributed by atoms with Gasteiger partial charge in [0.25, 0.3) is 0 Å². The number of alkyl halides is 3. The molecule has 1 unspecified atom stereocenters. The zero-order valence-electron chi connectivity index (χ0n) is 15.7. The number of amides is 1. The number of carbonyl (C=O) groups is 1. The summed E-state index contributed by atoms with van der Waals surface area (Å²) in [6, 6.07) is 5.98. The van der Waals surface area contributed by atoms with Crippen LogP contribution in [0.1, 0.15) is 24.0 Å². The van der Waals surface area contributed by atoms with Gasteiger partial charge in [-0.15, -0.1) is 0 Å². The molecule has 3 rings (SSSR count). The number of hydrogen-bond donors (Lipinski definition) is 1. The van der Waals surface area contributed by atoms with E-state index in [1.807, 2.05) is 0 Å². The van der Waals surface area contributed by atoms with E-state index < -0.39 is 37.6 Å². The van der Waals surface area contributed by atoms with Crippen LogP contribution in [0.5, 0.6) is 0 Å². The molecule has 6 nitrogen and oxygen atoms in total. The second-order valence-electron chi connectivity index (χ2n) is 6.91. The SMILES string of the molecule is O=C(NCc1ccncc1)C1CCCN(S(=O)(=O)c2ccc(Cl)c(C(F)(F)F)c2)C1. The molecule has 0 spiro atoms. The van der Waals surface area contributed by atoms with Gasteiger partial charge >= 0.3 is 6.18 Å². The summed E-state index contributed by atoms with van der Waals surface area (Å²) >= 11 is 5.58. The summed E-state index contributed by atoms with van der Waals surface area (Å²) in [4.78, 5) is 15.9. The van der Waals surface area contributed by atoms with Gasteiger partial charge in [-0.3, -0.25) is 9.78 Å². The summed E-state index contributed by atoms with van der Waals surface area (Å²) < 4.78 is 66.2. The lowest BCUT2D eigenvalue weighted by atomic mass is 9.99. The molecule has 1 fully saturated rings. The summed E-state index contributed by atoms with van der Waals surface area (Å²) in [5.41, 5.74) is -0.367. The first kappa shape index (κ1) is 22.5. The van der Waals surface area contributed by atoms with E-state index in [4.69, 9.17) is 11.6 Å². The van der Waals surface area contributed by atoms with Crippen molar-refractivity contribution in [3.8, 4) is 0 Å². The first-order valence-corrected chi connectivity index (χ1v) is 10.9. The van der Waals surface area contributed by atoms with Gasteiger partial charge in [0.1, 0.15) is 0 Å². The van der Waals surface area contributed by atoms with Crippen LogP contribution < -0.4 is 5.32 Å². The van der Waals surface area contributed by atoms with Gasteiger partial charge in [-0.2, -0.15) is 17.5 Å². The minimum atomic E-state index is -4.78. The van der Waals surface area contributed by atoms with Gasteiger partial charge < -0.3 is 5.32 Å². The van der Waals surface area contributed by atoms with E-state index in [0.29, 0.717) is 18.9 Å². The van der Waals surface area contributed by atoms with Gasteiger partial charge in [-0.05, 0) is 48.7 Å². The highest BCUT2D eigenvalue weighted by molar-refractivity contribution is 7.89. The number of sulfonamides is 1. The molecule has 0 radical (unpaired) electrons. The van der Waals surface area contributed by atoms with E-state index in [0.717, 1.165) is 22.0 Å². The van der Waals surface area contributed by atoms with Crippen molar-refractivity contribution in [1.82, 2.24) is 14.6 Å². The molecule has 1 N–H and O–H groups in total. The molecule has 30 heavy (non-hydrogen) atoms. The van der Waals surface area contributed by atoms with Gasteiger partial charge in [0, 0.05) is 32.0 Å². The average molecular weight is 462 g/mol. The standard InChI is InChI=1S/C19H19ClF3N3O3S/c20-17-4-3-15(10-16(17)19(21,22)23)30(28,29)26-9-1-2-14(12-26)18(27)25-11-13-5-7-24-8-6-13/h3-8,10,14H,1-2,9,11-12H2,(H,25,27). The quantitative estimate of drug-likeness (QED) is 0.739. The second-order valence-corrected chi connectivity index (χ2v) is 9.26. The Morgan fingerprint density at radius 1 is 1.23 bits per heavy atom. The third kappa shape index (κ3) is 5.11. The van der Waals surface area contributed by atoms with Gasteiger partial charge in [0.15, 0.2) is 0 Å². The summed E-state index contributed by atoms with van der Waals surface area (Å²) in [5.74, 6) is -0.899. The number of carbonyl (C=O) groups excluding carboxylic acids is 1. The van der Waals surface area contributed by atoms with Crippen LogP contribution in [0.15, 0.2) is 47.6 Å². The first-order valence-electron chi connectivity index (χ1n) is 9.12. The number of piperidine rings is 1. The monoisotopic (exact) mass is 461 g/mol. The number of benzene rings is 1. The van der Waals surface area contributed by atoms with E-state index in [1.54, 1.807) is 24.5 Å². The van der Waals surface area contributed by atoms with Crippen molar-refractivity contribution >= 4 is 27.5 Å². The van der Waals surface area contributed by atoms with Crippen molar-refractivity contribution in [1.29, 1.82) is 0 Å². The Morgan fingerprint density at radius 2 is 1.93 bits per heavy atom. The summed E-state index contributed by atoms with van der Waals surface area (Å²) in [7, 11) is -4.21. The maximum absolute atomic E-state index is 13.1.